The lowest BCUT2D eigenvalue weighted by molar-refractivity contribution is 0.365. The second-order valence-electron chi connectivity index (χ2n) is 5.40. The van der Waals surface area contributed by atoms with Crippen LogP contribution in [0.5, 0.6) is 11.5 Å². The molecule has 2 nitrogen and oxygen atoms in total. The third-order valence-corrected chi connectivity index (χ3v) is 3.85. The van der Waals surface area contributed by atoms with Crippen LogP contribution in [-0.2, 0) is 0 Å². The highest BCUT2D eigenvalue weighted by Gasteiger charge is 2.16. The molecule has 0 aliphatic heterocycles. The normalized spacial score (nSPS) is 10.7. The van der Waals surface area contributed by atoms with Crippen LogP contribution in [0.25, 0.3) is 21.5 Å². The molecule has 0 aliphatic rings. The summed E-state index contributed by atoms with van der Waals surface area (Å²) in [5.41, 5.74) is 1.16. The lowest BCUT2D eigenvalue weighted by Gasteiger charge is -2.18. The summed E-state index contributed by atoms with van der Waals surface area (Å²) in [5, 5.41) is 4.25. The van der Waals surface area contributed by atoms with Crippen LogP contribution < -0.4 is 9.47 Å². The van der Waals surface area contributed by atoms with Gasteiger partial charge in [0, 0.05) is 21.5 Å². The number of fused-ring (bicyclic) bond motifs is 2. The molecule has 0 unspecified atom stereocenters. The molecule has 0 radical (unpaired) electrons. The van der Waals surface area contributed by atoms with Gasteiger partial charge in [0.05, 0.1) is 0 Å². The molecule has 116 valence electrons. The maximum absolute atomic E-state index is 6.03. The SMILES string of the molecule is C=CCOc1c2ccccc2c(OCC=C)c2c(C)cccc12. The van der Waals surface area contributed by atoms with Crippen LogP contribution in [0.3, 0.4) is 0 Å². The zero-order valence-corrected chi connectivity index (χ0v) is 13.3. The molecule has 0 saturated carbocycles. The van der Waals surface area contributed by atoms with Crippen molar-refractivity contribution in [3.63, 3.8) is 0 Å². The molecule has 3 rings (SSSR count). The van der Waals surface area contributed by atoms with E-state index in [1.165, 1.54) is 0 Å². The Morgan fingerprint density at radius 3 is 2.00 bits per heavy atom. The van der Waals surface area contributed by atoms with Crippen LogP contribution in [-0.4, -0.2) is 13.2 Å². The van der Waals surface area contributed by atoms with Crippen molar-refractivity contribution in [3.8, 4) is 11.5 Å². The largest absolute Gasteiger partial charge is 0.488 e. The average molecular weight is 304 g/mol. The molecular weight excluding hydrogens is 284 g/mol. The van der Waals surface area contributed by atoms with Gasteiger partial charge in [-0.1, -0.05) is 67.8 Å². The van der Waals surface area contributed by atoms with Crippen LogP contribution in [0.4, 0.5) is 0 Å². The Hall–Kier alpha value is -2.74. The molecule has 3 aromatic rings. The van der Waals surface area contributed by atoms with E-state index < -0.39 is 0 Å². The molecule has 0 spiro atoms. The minimum absolute atomic E-state index is 0.472. The molecule has 0 heterocycles. The Balaban J connectivity index is 2.42. The van der Waals surface area contributed by atoms with E-state index in [0.29, 0.717) is 13.2 Å². The second kappa shape index (κ2) is 6.57. The molecule has 3 aromatic carbocycles. The van der Waals surface area contributed by atoms with E-state index >= 15 is 0 Å². The summed E-state index contributed by atoms with van der Waals surface area (Å²) >= 11 is 0. The van der Waals surface area contributed by atoms with Gasteiger partial charge in [0.15, 0.2) is 0 Å². The monoisotopic (exact) mass is 304 g/mol. The van der Waals surface area contributed by atoms with Crippen molar-refractivity contribution in [2.75, 3.05) is 13.2 Å². The first-order valence-corrected chi connectivity index (χ1v) is 7.69. The fourth-order valence-corrected chi connectivity index (χ4v) is 2.91. The van der Waals surface area contributed by atoms with Gasteiger partial charge in [-0.3, -0.25) is 0 Å². The Labute approximate surface area is 136 Å². The van der Waals surface area contributed by atoms with Crippen molar-refractivity contribution >= 4 is 21.5 Å². The smallest absolute Gasteiger partial charge is 0.135 e. The molecule has 0 aromatic heterocycles. The highest BCUT2D eigenvalue weighted by molar-refractivity contribution is 6.12. The molecular formula is C21H20O2. The first-order valence-electron chi connectivity index (χ1n) is 7.69. The van der Waals surface area contributed by atoms with E-state index in [-0.39, 0.29) is 0 Å². The standard InChI is InChI=1S/C21H20O2/c1-4-13-22-20-16-10-6-7-11-17(16)21(23-14-5-2)19-15(3)9-8-12-18(19)20/h4-12H,1-2,13-14H2,3H3. The Morgan fingerprint density at radius 2 is 1.35 bits per heavy atom. The maximum Gasteiger partial charge on any atom is 0.135 e. The van der Waals surface area contributed by atoms with Gasteiger partial charge < -0.3 is 9.47 Å². The maximum atomic E-state index is 6.03. The van der Waals surface area contributed by atoms with Crippen molar-refractivity contribution in [2.24, 2.45) is 0 Å². The summed E-state index contributed by atoms with van der Waals surface area (Å²) < 4.78 is 12.0. The summed E-state index contributed by atoms with van der Waals surface area (Å²) in [5.74, 6) is 1.77. The lowest BCUT2D eigenvalue weighted by atomic mass is 9.97. The van der Waals surface area contributed by atoms with E-state index in [2.05, 4.69) is 44.3 Å². The van der Waals surface area contributed by atoms with Gasteiger partial charge in [0.1, 0.15) is 24.7 Å². The van der Waals surface area contributed by atoms with Gasteiger partial charge in [-0.15, -0.1) is 0 Å². The summed E-state index contributed by atoms with van der Waals surface area (Å²) in [6, 6.07) is 14.4. The molecule has 0 aliphatic carbocycles. The van der Waals surface area contributed by atoms with Crippen molar-refractivity contribution in [2.45, 2.75) is 6.92 Å². The Bertz CT molecular complexity index is 878. The zero-order valence-electron chi connectivity index (χ0n) is 13.3. The molecule has 0 bridgehead atoms. The molecule has 23 heavy (non-hydrogen) atoms. The second-order valence-corrected chi connectivity index (χ2v) is 5.40. The number of aryl methyl sites for hydroxylation is 1. The summed E-state index contributed by atoms with van der Waals surface area (Å²) in [4.78, 5) is 0. The van der Waals surface area contributed by atoms with Crippen LogP contribution in [0.1, 0.15) is 5.56 Å². The van der Waals surface area contributed by atoms with Gasteiger partial charge in [0.2, 0.25) is 0 Å². The molecule has 0 atom stereocenters. The number of hydrogen-bond donors (Lipinski definition) is 0. The molecule has 0 fully saturated rings. The summed E-state index contributed by atoms with van der Waals surface area (Å²) in [6.07, 6.45) is 3.53. The van der Waals surface area contributed by atoms with Gasteiger partial charge in [0.25, 0.3) is 0 Å². The number of rotatable bonds is 6. The van der Waals surface area contributed by atoms with E-state index in [9.17, 15) is 0 Å². The van der Waals surface area contributed by atoms with Gasteiger partial charge in [-0.05, 0) is 12.5 Å². The van der Waals surface area contributed by atoms with Crippen LogP contribution in [0.15, 0.2) is 67.8 Å². The van der Waals surface area contributed by atoms with Gasteiger partial charge in [-0.2, -0.15) is 0 Å². The number of hydrogen-bond acceptors (Lipinski definition) is 2. The van der Waals surface area contributed by atoms with Crippen molar-refractivity contribution < 1.29 is 9.47 Å². The van der Waals surface area contributed by atoms with Crippen LogP contribution in [0.2, 0.25) is 0 Å². The van der Waals surface area contributed by atoms with E-state index in [1.807, 2.05) is 18.2 Å². The predicted octanol–water partition coefficient (Wildman–Crippen LogP) is 5.43. The molecule has 2 heteroatoms. The molecule has 0 saturated heterocycles. The zero-order chi connectivity index (χ0) is 16.2. The van der Waals surface area contributed by atoms with Crippen LogP contribution in [0, 0.1) is 6.92 Å². The minimum atomic E-state index is 0.472. The Morgan fingerprint density at radius 1 is 0.783 bits per heavy atom. The summed E-state index contributed by atoms with van der Waals surface area (Å²) in [6.45, 7) is 10.5. The average Bonchev–Trinajstić information content (AvgIpc) is 2.58. The highest BCUT2D eigenvalue weighted by Crippen LogP contribution is 2.43. The van der Waals surface area contributed by atoms with Crippen molar-refractivity contribution in [1.29, 1.82) is 0 Å². The van der Waals surface area contributed by atoms with Gasteiger partial charge in [-0.25, -0.2) is 0 Å². The number of ether oxygens (including phenoxy) is 2. The summed E-state index contributed by atoms with van der Waals surface area (Å²) in [7, 11) is 0. The van der Waals surface area contributed by atoms with Crippen LogP contribution >= 0.6 is 0 Å². The first-order chi connectivity index (χ1) is 11.3. The topological polar surface area (TPSA) is 18.5 Å². The van der Waals surface area contributed by atoms with Crippen molar-refractivity contribution in [1.82, 2.24) is 0 Å². The highest BCUT2D eigenvalue weighted by atomic mass is 16.5. The third kappa shape index (κ3) is 2.68. The lowest BCUT2D eigenvalue weighted by Crippen LogP contribution is -2.00. The van der Waals surface area contributed by atoms with E-state index in [0.717, 1.165) is 38.6 Å². The van der Waals surface area contributed by atoms with E-state index in [1.54, 1.807) is 12.2 Å². The number of benzene rings is 3. The fraction of sp³-hybridized carbons (Fsp3) is 0.143. The van der Waals surface area contributed by atoms with E-state index in [4.69, 9.17) is 9.47 Å². The quantitative estimate of drug-likeness (QED) is 0.446. The van der Waals surface area contributed by atoms with Crippen molar-refractivity contribution in [3.05, 3.63) is 73.3 Å². The minimum Gasteiger partial charge on any atom is -0.488 e. The Kier molecular flexibility index (Phi) is 4.33. The van der Waals surface area contributed by atoms with Gasteiger partial charge >= 0.3 is 0 Å². The molecule has 0 amide bonds. The molecule has 0 N–H and O–H groups in total. The predicted molar refractivity (Wildman–Crippen MR) is 97.6 cm³/mol. The first kappa shape index (κ1) is 15.2. The third-order valence-electron chi connectivity index (χ3n) is 3.85. The fourth-order valence-electron chi connectivity index (χ4n) is 2.91.